The molecule has 118 valence electrons. The van der Waals surface area contributed by atoms with Crippen LogP contribution in [0.2, 0.25) is 0 Å². The van der Waals surface area contributed by atoms with Gasteiger partial charge >= 0.3 is 0 Å². The van der Waals surface area contributed by atoms with Gasteiger partial charge in [0.15, 0.2) is 0 Å². The number of aromatic nitrogens is 2. The zero-order valence-electron chi connectivity index (χ0n) is 13.0. The molecular formula is C17H17N3O2S. The van der Waals surface area contributed by atoms with Crippen molar-refractivity contribution in [3.63, 3.8) is 0 Å². The number of aryl methyl sites for hydroxylation is 1. The van der Waals surface area contributed by atoms with Gasteiger partial charge in [-0.15, -0.1) is 11.3 Å². The van der Waals surface area contributed by atoms with E-state index in [2.05, 4.69) is 23.9 Å². The summed E-state index contributed by atoms with van der Waals surface area (Å²) in [7, 11) is 0. The second-order valence-corrected chi connectivity index (χ2v) is 7.10. The van der Waals surface area contributed by atoms with Crippen molar-refractivity contribution in [1.82, 2.24) is 9.66 Å². The number of nitrogens with zero attached hydrogens (tertiary/aromatic N) is 3. The molecule has 0 aliphatic heterocycles. The average Bonchev–Trinajstić information content (AvgIpc) is 2.98. The Morgan fingerprint density at radius 3 is 3.09 bits per heavy atom. The minimum Gasteiger partial charge on any atom is -0.460 e. The summed E-state index contributed by atoms with van der Waals surface area (Å²) in [4.78, 5) is 18.7. The molecule has 2 atom stereocenters. The van der Waals surface area contributed by atoms with E-state index in [1.165, 1.54) is 17.4 Å². The highest BCUT2D eigenvalue weighted by Gasteiger charge is 2.36. The lowest BCUT2D eigenvalue weighted by Crippen LogP contribution is -2.16. The van der Waals surface area contributed by atoms with Crippen molar-refractivity contribution in [3.05, 3.63) is 51.3 Å². The first-order valence-electron chi connectivity index (χ1n) is 7.80. The second kappa shape index (κ2) is 5.45. The summed E-state index contributed by atoms with van der Waals surface area (Å²) in [5, 5.41) is 4.82. The molecule has 0 bridgehead atoms. The van der Waals surface area contributed by atoms with Crippen LogP contribution in [0.5, 0.6) is 0 Å². The van der Waals surface area contributed by atoms with Crippen LogP contribution in [0.1, 0.15) is 42.6 Å². The van der Waals surface area contributed by atoms with E-state index in [0.717, 1.165) is 21.9 Å². The van der Waals surface area contributed by atoms with E-state index in [1.807, 2.05) is 18.2 Å². The Balaban J connectivity index is 1.62. The van der Waals surface area contributed by atoms with Crippen molar-refractivity contribution in [2.45, 2.75) is 32.6 Å². The third kappa shape index (κ3) is 2.63. The first kappa shape index (κ1) is 14.4. The fourth-order valence-corrected chi connectivity index (χ4v) is 3.62. The Morgan fingerprint density at radius 2 is 2.35 bits per heavy atom. The van der Waals surface area contributed by atoms with Gasteiger partial charge in [-0.3, -0.25) is 4.79 Å². The molecule has 0 unspecified atom stereocenters. The van der Waals surface area contributed by atoms with Crippen LogP contribution < -0.4 is 5.56 Å². The van der Waals surface area contributed by atoms with E-state index in [9.17, 15) is 4.79 Å². The largest absolute Gasteiger partial charge is 0.460 e. The van der Waals surface area contributed by atoms with Crippen molar-refractivity contribution in [2.24, 2.45) is 11.0 Å². The minimum atomic E-state index is -0.148. The molecule has 1 fully saturated rings. The standard InChI is InChI=1S/C17H17N3O2S/c1-3-12-7-14-16(23-12)18-9-20(17(14)21)19-8-11-4-5-15(22-11)13-6-10(13)2/h4-5,7-10,13H,3,6H2,1-2H3/b19-8-/t10-,13-/m1/s1. The quantitative estimate of drug-likeness (QED) is 0.688. The third-order valence-corrected chi connectivity index (χ3v) is 5.45. The molecule has 6 heteroatoms. The van der Waals surface area contributed by atoms with Gasteiger partial charge in [-0.1, -0.05) is 13.8 Å². The molecule has 0 radical (unpaired) electrons. The molecule has 0 aromatic carbocycles. The van der Waals surface area contributed by atoms with Gasteiger partial charge in [0, 0.05) is 10.8 Å². The second-order valence-electron chi connectivity index (χ2n) is 5.98. The smallest absolute Gasteiger partial charge is 0.282 e. The highest BCUT2D eigenvalue weighted by molar-refractivity contribution is 7.18. The number of rotatable bonds is 4. The molecule has 0 saturated heterocycles. The number of thiophene rings is 1. The highest BCUT2D eigenvalue weighted by Crippen LogP contribution is 2.47. The normalized spacial score (nSPS) is 20.6. The molecule has 1 aliphatic carbocycles. The number of hydrogen-bond donors (Lipinski definition) is 0. The van der Waals surface area contributed by atoms with E-state index < -0.39 is 0 Å². The molecule has 4 rings (SSSR count). The Bertz CT molecular complexity index is 950. The molecule has 0 amide bonds. The first-order valence-corrected chi connectivity index (χ1v) is 8.61. The summed E-state index contributed by atoms with van der Waals surface area (Å²) in [6.07, 6.45) is 5.11. The van der Waals surface area contributed by atoms with E-state index >= 15 is 0 Å². The molecule has 0 N–H and O–H groups in total. The molecule has 3 aromatic heterocycles. The Labute approximate surface area is 137 Å². The monoisotopic (exact) mass is 327 g/mol. The first-order chi connectivity index (χ1) is 11.2. The Morgan fingerprint density at radius 1 is 1.52 bits per heavy atom. The van der Waals surface area contributed by atoms with E-state index in [0.29, 0.717) is 23.0 Å². The summed E-state index contributed by atoms with van der Waals surface area (Å²) < 4.78 is 7.03. The van der Waals surface area contributed by atoms with Crippen molar-refractivity contribution < 1.29 is 4.42 Å². The summed E-state index contributed by atoms with van der Waals surface area (Å²) in [5.74, 6) is 2.90. The van der Waals surface area contributed by atoms with Crippen LogP contribution in [0.4, 0.5) is 0 Å². The summed E-state index contributed by atoms with van der Waals surface area (Å²) >= 11 is 1.55. The average molecular weight is 327 g/mol. The van der Waals surface area contributed by atoms with E-state index in [-0.39, 0.29) is 5.56 Å². The predicted octanol–water partition coefficient (Wildman–Crippen LogP) is 3.62. The van der Waals surface area contributed by atoms with Crippen LogP contribution in [0.3, 0.4) is 0 Å². The van der Waals surface area contributed by atoms with Gasteiger partial charge in [0.25, 0.3) is 5.56 Å². The van der Waals surface area contributed by atoms with Gasteiger partial charge in [-0.05, 0) is 37.0 Å². The van der Waals surface area contributed by atoms with Crippen molar-refractivity contribution >= 4 is 27.8 Å². The zero-order chi connectivity index (χ0) is 16.0. The van der Waals surface area contributed by atoms with Crippen molar-refractivity contribution in [2.75, 3.05) is 0 Å². The zero-order valence-corrected chi connectivity index (χ0v) is 13.8. The highest BCUT2D eigenvalue weighted by atomic mass is 32.1. The molecule has 3 aromatic rings. The fraction of sp³-hybridized carbons (Fsp3) is 0.353. The van der Waals surface area contributed by atoms with Gasteiger partial charge in [0.05, 0.1) is 11.6 Å². The summed E-state index contributed by atoms with van der Waals surface area (Å²) in [5.41, 5.74) is -0.148. The Hall–Kier alpha value is -2.21. The fourth-order valence-electron chi connectivity index (χ4n) is 2.69. The maximum atomic E-state index is 12.4. The molecule has 3 heterocycles. The number of furan rings is 1. The lowest BCUT2D eigenvalue weighted by atomic mass is 10.3. The lowest BCUT2D eigenvalue weighted by Gasteiger charge is -1.96. The van der Waals surface area contributed by atoms with Crippen LogP contribution >= 0.6 is 11.3 Å². The van der Waals surface area contributed by atoms with E-state index in [1.54, 1.807) is 17.6 Å². The number of hydrogen-bond acceptors (Lipinski definition) is 5. The molecule has 0 spiro atoms. The van der Waals surface area contributed by atoms with Crippen molar-refractivity contribution in [3.8, 4) is 0 Å². The van der Waals surface area contributed by atoms with Crippen LogP contribution in [0, 0.1) is 5.92 Å². The molecular weight excluding hydrogens is 310 g/mol. The minimum absolute atomic E-state index is 0.148. The SMILES string of the molecule is CCc1cc2c(=O)n(/N=C\c3ccc([C@@H]4C[C@H]4C)o3)cnc2s1. The molecule has 1 saturated carbocycles. The van der Waals surface area contributed by atoms with Gasteiger partial charge < -0.3 is 4.42 Å². The lowest BCUT2D eigenvalue weighted by molar-refractivity contribution is 0.500. The predicted molar refractivity (Wildman–Crippen MR) is 91.5 cm³/mol. The topological polar surface area (TPSA) is 60.4 Å². The maximum Gasteiger partial charge on any atom is 0.282 e. The molecule has 23 heavy (non-hydrogen) atoms. The summed E-state index contributed by atoms with van der Waals surface area (Å²) in [6.45, 7) is 4.28. The van der Waals surface area contributed by atoms with Gasteiger partial charge in [0.2, 0.25) is 0 Å². The van der Waals surface area contributed by atoms with Crippen LogP contribution in [-0.2, 0) is 6.42 Å². The summed E-state index contributed by atoms with van der Waals surface area (Å²) in [6, 6.07) is 5.79. The molecule has 5 nitrogen and oxygen atoms in total. The van der Waals surface area contributed by atoms with Crippen LogP contribution in [0.25, 0.3) is 10.2 Å². The Kier molecular flexibility index (Phi) is 3.41. The van der Waals surface area contributed by atoms with Gasteiger partial charge in [-0.25, -0.2) is 4.98 Å². The van der Waals surface area contributed by atoms with Crippen molar-refractivity contribution in [1.29, 1.82) is 0 Å². The van der Waals surface area contributed by atoms with Gasteiger partial charge in [-0.2, -0.15) is 9.78 Å². The van der Waals surface area contributed by atoms with Crippen LogP contribution in [-0.4, -0.2) is 15.9 Å². The molecule has 1 aliphatic rings. The van der Waals surface area contributed by atoms with Gasteiger partial charge in [0.1, 0.15) is 22.7 Å². The maximum absolute atomic E-state index is 12.4. The number of fused-ring (bicyclic) bond motifs is 1. The van der Waals surface area contributed by atoms with Crippen LogP contribution in [0.15, 0.2) is 38.8 Å². The van der Waals surface area contributed by atoms with E-state index in [4.69, 9.17) is 4.42 Å². The third-order valence-electron chi connectivity index (χ3n) is 4.27.